The maximum atomic E-state index is 12.3. The number of nitrogens with zero attached hydrogens (tertiary/aromatic N) is 2. The standard InChI is InChI=1S/C18H25N3O2/c1-12(2)16-11-14(19)5-6-15(16)18(22)23-10-9-21-8-7-20-17(21)13(3)4/h5-8,11-13H,9-10,19H2,1-4H3. The van der Waals surface area contributed by atoms with Crippen LogP contribution < -0.4 is 5.73 Å². The van der Waals surface area contributed by atoms with Gasteiger partial charge in [-0.3, -0.25) is 0 Å². The molecule has 0 saturated heterocycles. The largest absolute Gasteiger partial charge is 0.460 e. The van der Waals surface area contributed by atoms with E-state index in [0.29, 0.717) is 30.3 Å². The van der Waals surface area contributed by atoms with Crippen molar-refractivity contribution < 1.29 is 9.53 Å². The Hall–Kier alpha value is -2.30. The van der Waals surface area contributed by atoms with E-state index in [-0.39, 0.29) is 11.9 Å². The highest BCUT2D eigenvalue weighted by molar-refractivity contribution is 5.91. The third-order valence-corrected chi connectivity index (χ3v) is 3.75. The first kappa shape index (κ1) is 17.1. The molecular weight excluding hydrogens is 290 g/mol. The Morgan fingerprint density at radius 3 is 2.65 bits per heavy atom. The lowest BCUT2D eigenvalue weighted by Gasteiger charge is -2.14. The van der Waals surface area contributed by atoms with Gasteiger partial charge in [-0.1, -0.05) is 27.7 Å². The molecule has 0 atom stereocenters. The van der Waals surface area contributed by atoms with Crippen LogP contribution in [-0.4, -0.2) is 22.1 Å². The highest BCUT2D eigenvalue weighted by atomic mass is 16.5. The first-order valence-electron chi connectivity index (χ1n) is 7.97. The maximum absolute atomic E-state index is 12.3. The zero-order valence-electron chi connectivity index (χ0n) is 14.2. The molecule has 124 valence electrons. The van der Waals surface area contributed by atoms with Gasteiger partial charge in [-0.15, -0.1) is 0 Å². The van der Waals surface area contributed by atoms with Crippen molar-refractivity contribution >= 4 is 11.7 Å². The highest BCUT2D eigenvalue weighted by Gasteiger charge is 2.16. The van der Waals surface area contributed by atoms with Crippen LogP contribution in [0.3, 0.4) is 0 Å². The van der Waals surface area contributed by atoms with Gasteiger partial charge in [0, 0.05) is 24.0 Å². The zero-order valence-corrected chi connectivity index (χ0v) is 14.2. The molecule has 0 bridgehead atoms. The van der Waals surface area contributed by atoms with E-state index < -0.39 is 0 Å². The Balaban J connectivity index is 2.02. The van der Waals surface area contributed by atoms with Crippen LogP contribution in [0.2, 0.25) is 0 Å². The van der Waals surface area contributed by atoms with E-state index in [1.807, 2.05) is 30.7 Å². The molecule has 5 nitrogen and oxygen atoms in total. The number of carbonyl (C=O) groups excluding carboxylic acids is 1. The molecule has 0 unspecified atom stereocenters. The SMILES string of the molecule is CC(C)c1cc(N)ccc1C(=O)OCCn1ccnc1C(C)C. The fourth-order valence-corrected chi connectivity index (χ4v) is 2.57. The minimum atomic E-state index is -0.306. The van der Waals surface area contributed by atoms with Gasteiger partial charge in [0.25, 0.3) is 0 Å². The van der Waals surface area contributed by atoms with Crippen molar-refractivity contribution in [3.63, 3.8) is 0 Å². The number of rotatable bonds is 6. The molecule has 23 heavy (non-hydrogen) atoms. The second kappa shape index (κ2) is 7.31. The topological polar surface area (TPSA) is 70.1 Å². The number of esters is 1. The molecule has 1 aromatic heterocycles. The van der Waals surface area contributed by atoms with Gasteiger partial charge in [-0.05, 0) is 29.7 Å². The molecule has 0 aliphatic carbocycles. The van der Waals surface area contributed by atoms with Crippen molar-refractivity contribution in [2.75, 3.05) is 12.3 Å². The zero-order chi connectivity index (χ0) is 17.0. The third kappa shape index (κ3) is 4.12. The van der Waals surface area contributed by atoms with Crippen LogP contribution in [0.25, 0.3) is 0 Å². The fraction of sp³-hybridized carbons (Fsp3) is 0.444. The molecule has 0 radical (unpaired) electrons. The van der Waals surface area contributed by atoms with Crippen molar-refractivity contribution in [3.8, 4) is 0 Å². The van der Waals surface area contributed by atoms with Crippen LogP contribution in [0.4, 0.5) is 5.69 Å². The second-order valence-electron chi connectivity index (χ2n) is 6.27. The maximum Gasteiger partial charge on any atom is 0.338 e. The molecular formula is C18H25N3O2. The van der Waals surface area contributed by atoms with Crippen LogP contribution in [-0.2, 0) is 11.3 Å². The van der Waals surface area contributed by atoms with Crippen LogP contribution in [0, 0.1) is 0 Å². The van der Waals surface area contributed by atoms with E-state index in [9.17, 15) is 4.79 Å². The Morgan fingerprint density at radius 2 is 2.00 bits per heavy atom. The van der Waals surface area contributed by atoms with Gasteiger partial charge in [0.2, 0.25) is 0 Å². The summed E-state index contributed by atoms with van der Waals surface area (Å²) < 4.78 is 7.46. The molecule has 2 aromatic rings. The van der Waals surface area contributed by atoms with Gasteiger partial charge in [0.1, 0.15) is 12.4 Å². The lowest BCUT2D eigenvalue weighted by atomic mass is 9.96. The number of anilines is 1. The predicted octanol–water partition coefficient (Wildman–Crippen LogP) is 3.57. The lowest BCUT2D eigenvalue weighted by molar-refractivity contribution is 0.0488. The Kier molecular flexibility index (Phi) is 5.42. The number of carbonyl (C=O) groups is 1. The normalized spacial score (nSPS) is 11.2. The molecule has 0 amide bonds. The van der Waals surface area contributed by atoms with Crippen molar-refractivity contribution in [1.29, 1.82) is 0 Å². The summed E-state index contributed by atoms with van der Waals surface area (Å²) in [5.41, 5.74) is 7.97. The minimum Gasteiger partial charge on any atom is -0.460 e. The number of nitrogen functional groups attached to an aromatic ring is 1. The van der Waals surface area contributed by atoms with Crippen LogP contribution in [0.5, 0.6) is 0 Å². The molecule has 2 rings (SSSR count). The summed E-state index contributed by atoms with van der Waals surface area (Å²) in [5.74, 6) is 1.24. The van der Waals surface area contributed by atoms with E-state index >= 15 is 0 Å². The second-order valence-corrected chi connectivity index (χ2v) is 6.27. The summed E-state index contributed by atoms with van der Waals surface area (Å²) in [7, 11) is 0. The van der Waals surface area contributed by atoms with E-state index in [2.05, 4.69) is 18.8 Å². The summed E-state index contributed by atoms with van der Waals surface area (Å²) >= 11 is 0. The average Bonchev–Trinajstić information content (AvgIpc) is 2.95. The van der Waals surface area contributed by atoms with E-state index in [4.69, 9.17) is 10.5 Å². The molecule has 2 N–H and O–H groups in total. The molecule has 0 aliphatic heterocycles. The first-order chi connectivity index (χ1) is 10.9. The number of aromatic nitrogens is 2. The summed E-state index contributed by atoms with van der Waals surface area (Å²) in [6.07, 6.45) is 3.68. The number of benzene rings is 1. The summed E-state index contributed by atoms with van der Waals surface area (Å²) in [5, 5.41) is 0. The number of nitrogens with two attached hydrogens (primary N) is 1. The van der Waals surface area contributed by atoms with Crippen LogP contribution >= 0.6 is 0 Å². The Morgan fingerprint density at radius 1 is 1.26 bits per heavy atom. The van der Waals surface area contributed by atoms with Gasteiger partial charge >= 0.3 is 5.97 Å². The summed E-state index contributed by atoms with van der Waals surface area (Å²) in [4.78, 5) is 16.7. The monoisotopic (exact) mass is 315 g/mol. The van der Waals surface area contributed by atoms with Gasteiger partial charge in [-0.2, -0.15) is 0 Å². The molecule has 0 aliphatic rings. The van der Waals surface area contributed by atoms with Crippen LogP contribution in [0.15, 0.2) is 30.6 Å². The number of imidazole rings is 1. The molecule has 0 spiro atoms. The molecule has 1 aromatic carbocycles. The van der Waals surface area contributed by atoms with Crippen molar-refractivity contribution in [2.45, 2.75) is 46.1 Å². The highest BCUT2D eigenvalue weighted by Crippen LogP contribution is 2.23. The number of hydrogen-bond donors (Lipinski definition) is 1. The predicted molar refractivity (Wildman–Crippen MR) is 91.5 cm³/mol. The van der Waals surface area contributed by atoms with E-state index in [0.717, 1.165) is 11.4 Å². The van der Waals surface area contributed by atoms with Crippen molar-refractivity contribution in [2.24, 2.45) is 0 Å². The van der Waals surface area contributed by atoms with Crippen LogP contribution in [0.1, 0.15) is 61.3 Å². The average molecular weight is 315 g/mol. The molecule has 0 saturated carbocycles. The summed E-state index contributed by atoms with van der Waals surface area (Å²) in [6.45, 7) is 9.17. The fourth-order valence-electron chi connectivity index (χ4n) is 2.57. The Labute approximate surface area is 137 Å². The van der Waals surface area contributed by atoms with Crippen molar-refractivity contribution in [3.05, 3.63) is 47.5 Å². The van der Waals surface area contributed by atoms with Gasteiger partial charge in [-0.25, -0.2) is 9.78 Å². The van der Waals surface area contributed by atoms with Gasteiger partial charge in [0.15, 0.2) is 0 Å². The molecule has 5 heteroatoms. The smallest absolute Gasteiger partial charge is 0.338 e. The Bertz CT molecular complexity index is 675. The van der Waals surface area contributed by atoms with E-state index in [1.54, 1.807) is 18.3 Å². The first-order valence-corrected chi connectivity index (χ1v) is 7.97. The number of ether oxygens (including phenoxy) is 1. The molecule has 1 heterocycles. The van der Waals surface area contributed by atoms with Gasteiger partial charge < -0.3 is 15.0 Å². The number of hydrogen-bond acceptors (Lipinski definition) is 4. The van der Waals surface area contributed by atoms with E-state index in [1.165, 1.54) is 0 Å². The van der Waals surface area contributed by atoms with Crippen molar-refractivity contribution in [1.82, 2.24) is 9.55 Å². The summed E-state index contributed by atoms with van der Waals surface area (Å²) in [6, 6.07) is 5.31. The van der Waals surface area contributed by atoms with Gasteiger partial charge in [0.05, 0.1) is 12.1 Å². The quantitative estimate of drug-likeness (QED) is 0.653. The third-order valence-electron chi connectivity index (χ3n) is 3.75. The minimum absolute atomic E-state index is 0.210. The lowest BCUT2D eigenvalue weighted by Crippen LogP contribution is -2.15. The molecule has 0 fully saturated rings.